The molecule has 2 rings (SSSR count). The standard InChI is InChI=1S/C16H25N3O3/c1-12-13(20)19(10-8-17-12)16(5)7-6-9-18(11-16)14(21)22-15(2,3)4/h8,10H,6-7,9,11H2,1-5H3/t16-/m0/s1. The maximum Gasteiger partial charge on any atom is 0.410 e. The van der Waals surface area contributed by atoms with Crippen LogP contribution in [0.2, 0.25) is 0 Å². The van der Waals surface area contributed by atoms with Crippen LogP contribution in [-0.4, -0.2) is 39.2 Å². The van der Waals surface area contributed by atoms with Gasteiger partial charge in [0.2, 0.25) is 0 Å². The van der Waals surface area contributed by atoms with Gasteiger partial charge in [0, 0.05) is 25.5 Å². The molecule has 0 aliphatic carbocycles. The summed E-state index contributed by atoms with van der Waals surface area (Å²) in [7, 11) is 0. The number of ether oxygens (including phenoxy) is 1. The van der Waals surface area contributed by atoms with Crippen LogP contribution < -0.4 is 5.56 Å². The van der Waals surface area contributed by atoms with Crippen LogP contribution in [0.5, 0.6) is 0 Å². The van der Waals surface area contributed by atoms with Crippen LogP contribution in [0.4, 0.5) is 4.79 Å². The minimum atomic E-state index is -0.519. The number of carbonyl (C=O) groups is 1. The van der Waals surface area contributed by atoms with Crippen LogP contribution in [0, 0.1) is 6.92 Å². The average molecular weight is 307 g/mol. The summed E-state index contributed by atoms with van der Waals surface area (Å²) >= 11 is 0. The van der Waals surface area contributed by atoms with Crippen LogP contribution in [-0.2, 0) is 10.3 Å². The van der Waals surface area contributed by atoms with E-state index in [0.717, 1.165) is 12.8 Å². The quantitative estimate of drug-likeness (QED) is 0.798. The normalized spacial score (nSPS) is 22.5. The predicted molar refractivity (Wildman–Crippen MR) is 83.9 cm³/mol. The molecule has 0 spiro atoms. The van der Waals surface area contributed by atoms with E-state index in [2.05, 4.69) is 4.98 Å². The van der Waals surface area contributed by atoms with Gasteiger partial charge in [-0.3, -0.25) is 9.78 Å². The first-order valence-electron chi connectivity index (χ1n) is 7.65. The molecule has 1 aromatic heterocycles. The minimum absolute atomic E-state index is 0.101. The predicted octanol–water partition coefficient (Wildman–Crippen LogP) is 2.30. The van der Waals surface area contributed by atoms with Crippen molar-refractivity contribution in [1.82, 2.24) is 14.5 Å². The highest BCUT2D eigenvalue weighted by Crippen LogP contribution is 2.28. The molecule has 0 radical (unpaired) electrons. The summed E-state index contributed by atoms with van der Waals surface area (Å²) < 4.78 is 7.15. The van der Waals surface area contributed by atoms with Gasteiger partial charge in [0.25, 0.3) is 5.56 Å². The van der Waals surface area contributed by atoms with Gasteiger partial charge >= 0.3 is 6.09 Å². The molecule has 122 valence electrons. The zero-order valence-electron chi connectivity index (χ0n) is 14.0. The number of amides is 1. The number of likely N-dealkylation sites (tertiary alicyclic amines) is 1. The Morgan fingerprint density at radius 2 is 2.09 bits per heavy atom. The summed E-state index contributed by atoms with van der Waals surface area (Å²) in [6, 6.07) is 0. The van der Waals surface area contributed by atoms with E-state index in [-0.39, 0.29) is 11.7 Å². The van der Waals surface area contributed by atoms with Gasteiger partial charge in [0.05, 0.1) is 5.54 Å². The molecule has 1 fully saturated rings. The van der Waals surface area contributed by atoms with E-state index in [1.54, 1.807) is 28.8 Å². The Morgan fingerprint density at radius 3 is 2.73 bits per heavy atom. The average Bonchev–Trinajstić information content (AvgIpc) is 2.40. The molecular formula is C16H25N3O3. The number of aryl methyl sites for hydroxylation is 1. The van der Waals surface area contributed by atoms with Crippen molar-refractivity contribution >= 4 is 6.09 Å². The van der Waals surface area contributed by atoms with Gasteiger partial charge in [0.15, 0.2) is 0 Å². The van der Waals surface area contributed by atoms with Gasteiger partial charge in [-0.05, 0) is 47.5 Å². The van der Waals surface area contributed by atoms with E-state index in [1.165, 1.54) is 0 Å². The largest absolute Gasteiger partial charge is 0.444 e. The SMILES string of the molecule is Cc1nccn([C@@]2(C)CCCN(C(=O)OC(C)(C)C)C2)c1=O. The lowest BCUT2D eigenvalue weighted by atomic mass is 9.90. The van der Waals surface area contributed by atoms with E-state index in [0.29, 0.717) is 18.8 Å². The van der Waals surface area contributed by atoms with E-state index in [9.17, 15) is 9.59 Å². The molecule has 0 saturated carbocycles. The molecule has 1 aromatic rings. The van der Waals surface area contributed by atoms with Crippen molar-refractivity contribution in [2.75, 3.05) is 13.1 Å². The third kappa shape index (κ3) is 3.48. The summed E-state index contributed by atoms with van der Waals surface area (Å²) in [4.78, 5) is 30.4. The molecule has 0 aromatic carbocycles. The van der Waals surface area contributed by atoms with Gasteiger partial charge < -0.3 is 14.2 Å². The summed E-state index contributed by atoms with van der Waals surface area (Å²) in [6.45, 7) is 10.4. The maximum absolute atomic E-state index is 12.3. The second-order valence-electron chi connectivity index (χ2n) is 7.19. The zero-order valence-corrected chi connectivity index (χ0v) is 14.0. The third-order valence-electron chi connectivity index (χ3n) is 3.92. The summed E-state index contributed by atoms with van der Waals surface area (Å²) in [5.74, 6) is 0. The Kier molecular flexibility index (Phi) is 4.31. The molecule has 1 atom stereocenters. The Hall–Kier alpha value is -1.85. The highest BCUT2D eigenvalue weighted by atomic mass is 16.6. The molecule has 1 amide bonds. The van der Waals surface area contributed by atoms with Crippen molar-refractivity contribution in [2.24, 2.45) is 0 Å². The molecular weight excluding hydrogens is 282 g/mol. The van der Waals surface area contributed by atoms with Gasteiger partial charge in [-0.1, -0.05) is 0 Å². The molecule has 22 heavy (non-hydrogen) atoms. The number of hydrogen-bond acceptors (Lipinski definition) is 4. The molecule has 0 N–H and O–H groups in total. The first-order chi connectivity index (χ1) is 10.1. The topological polar surface area (TPSA) is 64.4 Å². The fourth-order valence-corrected chi connectivity index (χ4v) is 2.83. The van der Waals surface area contributed by atoms with Crippen LogP contribution >= 0.6 is 0 Å². The summed E-state index contributed by atoms with van der Waals surface area (Å²) in [5.41, 5.74) is -0.580. The number of aromatic nitrogens is 2. The molecule has 0 unspecified atom stereocenters. The molecule has 6 heteroatoms. The first kappa shape index (κ1) is 16.5. The fourth-order valence-electron chi connectivity index (χ4n) is 2.83. The molecule has 6 nitrogen and oxygen atoms in total. The van der Waals surface area contributed by atoms with Crippen molar-refractivity contribution < 1.29 is 9.53 Å². The lowest BCUT2D eigenvalue weighted by molar-refractivity contribution is 0.00787. The maximum atomic E-state index is 12.3. The van der Waals surface area contributed by atoms with E-state index < -0.39 is 11.1 Å². The minimum Gasteiger partial charge on any atom is -0.444 e. The number of rotatable bonds is 1. The van der Waals surface area contributed by atoms with Gasteiger partial charge in [-0.25, -0.2) is 4.79 Å². The fraction of sp³-hybridized carbons (Fsp3) is 0.688. The van der Waals surface area contributed by atoms with E-state index >= 15 is 0 Å². The van der Waals surface area contributed by atoms with Gasteiger partial charge in [0.1, 0.15) is 11.3 Å². The molecule has 1 aliphatic rings. The number of piperidine rings is 1. The molecule has 1 aliphatic heterocycles. The lowest BCUT2D eigenvalue weighted by Crippen LogP contribution is -2.53. The van der Waals surface area contributed by atoms with Crippen molar-refractivity contribution in [3.05, 3.63) is 28.4 Å². The Balaban J connectivity index is 2.24. The second-order valence-corrected chi connectivity index (χ2v) is 7.19. The highest BCUT2D eigenvalue weighted by molar-refractivity contribution is 5.68. The number of carbonyl (C=O) groups excluding carboxylic acids is 1. The lowest BCUT2D eigenvalue weighted by Gasteiger charge is -2.41. The van der Waals surface area contributed by atoms with E-state index in [4.69, 9.17) is 4.74 Å². The van der Waals surface area contributed by atoms with Crippen molar-refractivity contribution in [1.29, 1.82) is 0 Å². The second kappa shape index (κ2) is 5.74. The number of nitrogens with zero attached hydrogens (tertiary/aromatic N) is 3. The Bertz CT molecular complexity index is 618. The smallest absolute Gasteiger partial charge is 0.410 e. The van der Waals surface area contributed by atoms with Crippen molar-refractivity contribution in [3.8, 4) is 0 Å². The van der Waals surface area contributed by atoms with Crippen LogP contribution in [0.1, 0.15) is 46.2 Å². The van der Waals surface area contributed by atoms with Crippen LogP contribution in [0.3, 0.4) is 0 Å². The molecule has 1 saturated heterocycles. The van der Waals surface area contributed by atoms with Crippen molar-refractivity contribution in [3.63, 3.8) is 0 Å². The van der Waals surface area contributed by atoms with Crippen molar-refractivity contribution in [2.45, 2.75) is 58.6 Å². The molecule has 0 bridgehead atoms. The van der Waals surface area contributed by atoms with Crippen LogP contribution in [0.25, 0.3) is 0 Å². The summed E-state index contributed by atoms with van der Waals surface area (Å²) in [6.07, 6.45) is 4.69. The third-order valence-corrected chi connectivity index (χ3v) is 3.92. The van der Waals surface area contributed by atoms with Gasteiger partial charge in [-0.15, -0.1) is 0 Å². The monoisotopic (exact) mass is 307 g/mol. The van der Waals surface area contributed by atoms with Gasteiger partial charge in [-0.2, -0.15) is 0 Å². The first-order valence-corrected chi connectivity index (χ1v) is 7.65. The summed E-state index contributed by atoms with van der Waals surface area (Å²) in [5, 5.41) is 0. The van der Waals surface area contributed by atoms with Crippen LogP contribution in [0.15, 0.2) is 17.2 Å². The Morgan fingerprint density at radius 1 is 1.41 bits per heavy atom. The zero-order chi connectivity index (χ0) is 16.5. The highest BCUT2D eigenvalue weighted by Gasteiger charge is 2.37. The molecule has 2 heterocycles. The Labute approximate surface area is 131 Å². The van der Waals surface area contributed by atoms with E-state index in [1.807, 2.05) is 27.7 Å². The number of hydrogen-bond donors (Lipinski definition) is 0.